The molecule has 0 saturated heterocycles. The van der Waals surface area contributed by atoms with Gasteiger partial charge in [0.1, 0.15) is 11.1 Å². The van der Waals surface area contributed by atoms with E-state index in [1.165, 1.54) is 12.8 Å². The summed E-state index contributed by atoms with van der Waals surface area (Å²) in [7, 11) is 0. The summed E-state index contributed by atoms with van der Waals surface area (Å²) in [6.45, 7) is 2.37. The number of aliphatic hydroxyl groups is 3. The van der Waals surface area contributed by atoms with Gasteiger partial charge >= 0.3 is 0 Å². The number of aliphatic hydroxyl groups excluding tert-OH is 3. The summed E-state index contributed by atoms with van der Waals surface area (Å²) in [5.41, 5.74) is 2.38. The summed E-state index contributed by atoms with van der Waals surface area (Å²) >= 11 is 1.55. The van der Waals surface area contributed by atoms with E-state index in [4.69, 9.17) is 9.72 Å². The van der Waals surface area contributed by atoms with Crippen LogP contribution < -0.4 is 10.1 Å². The average Bonchev–Trinajstić information content (AvgIpc) is 3.44. The van der Waals surface area contributed by atoms with Crippen LogP contribution in [-0.2, 0) is 0 Å². The Balaban J connectivity index is 1.53. The van der Waals surface area contributed by atoms with Crippen LogP contribution in [0.4, 0.5) is 5.95 Å². The number of hydrogen-bond donors (Lipinski definition) is 4. The molecule has 2 aliphatic rings. The van der Waals surface area contributed by atoms with Crippen molar-refractivity contribution in [3.05, 3.63) is 30.0 Å². The van der Waals surface area contributed by atoms with E-state index >= 15 is 0 Å². The molecule has 4 atom stereocenters. The maximum absolute atomic E-state index is 10.5. The van der Waals surface area contributed by atoms with E-state index in [-0.39, 0.29) is 19.1 Å². The van der Waals surface area contributed by atoms with Crippen LogP contribution in [0.3, 0.4) is 0 Å². The molecule has 5 rings (SSSR count). The van der Waals surface area contributed by atoms with Gasteiger partial charge in [0.05, 0.1) is 34.2 Å². The standard InChI is InChI=1S/C23H28N4O4S/c1-12-19(22-26-16-4-2-3-5-18(16)32-22)21(27-23(25-12)24-9-13-6-7-13)31-17-8-14(10-28)20(30)15(17)11-29/h2-5,13-15,17,20,28-30H,6-11H2,1H3,(H,24,25,27)/t14-,15?,17-,20?/m1/s1. The highest BCUT2D eigenvalue weighted by Crippen LogP contribution is 2.40. The lowest BCUT2D eigenvalue weighted by Crippen LogP contribution is -2.32. The Bertz CT molecular complexity index is 1070. The molecule has 1 aromatic carbocycles. The molecule has 0 spiro atoms. The molecule has 0 radical (unpaired) electrons. The second-order valence-corrected chi connectivity index (χ2v) is 9.83. The number of benzene rings is 1. The van der Waals surface area contributed by atoms with E-state index in [2.05, 4.69) is 15.3 Å². The minimum atomic E-state index is -0.823. The minimum Gasteiger partial charge on any atom is -0.473 e. The number of thiazole rings is 1. The Hall–Kier alpha value is -2.33. The summed E-state index contributed by atoms with van der Waals surface area (Å²) < 4.78 is 7.41. The van der Waals surface area contributed by atoms with E-state index in [0.717, 1.165) is 33.0 Å². The highest BCUT2D eigenvalue weighted by Gasteiger charge is 2.43. The van der Waals surface area contributed by atoms with Crippen LogP contribution in [0.2, 0.25) is 0 Å². The highest BCUT2D eigenvalue weighted by molar-refractivity contribution is 7.21. The molecule has 2 unspecified atom stereocenters. The number of ether oxygens (including phenoxy) is 1. The number of anilines is 1. The zero-order valence-electron chi connectivity index (χ0n) is 17.9. The van der Waals surface area contributed by atoms with Gasteiger partial charge in [0.2, 0.25) is 11.8 Å². The van der Waals surface area contributed by atoms with E-state index in [0.29, 0.717) is 24.2 Å². The molecular weight excluding hydrogens is 428 g/mol. The molecule has 0 aliphatic heterocycles. The third-order valence-corrected chi connectivity index (χ3v) is 7.51. The number of rotatable bonds is 8. The van der Waals surface area contributed by atoms with Gasteiger partial charge < -0.3 is 25.4 Å². The maximum atomic E-state index is 10.5. The predicted octanol–water partition coefficient (Wildman–Crippen LogP) is 2.61. The number of nitrogens with one attached hydrogen (secondary N) is 1. The van der Waals surface area contributed by atoms with Gasteiger partial charge in [-0.1, -0.05) is 12.1 Å². The third kappa shape index (κ3) is 4.17. The predicted molar refractivity (Wildman–Crippen MR) is 123 cm³/mol. The molecule has 0 amide bonds. The number of hydrogen-bond acceptors (Lipinski definition) is 9. The zero-order valence-corrected chi connectivity index (χ0v) is 18.8. The van der Waals surface area contributed by atoms with Crippen LogP contribution in [0, 0.1) is 24.7 Å². The first-order valence-electron chi connectivity index (χ1n) is 11.1. The van der Waals surface area contributed by atoms with Crippen molar-refractivity contribution in [1.82, 2.24) is 15.0 Å². The van der Waals surface area contributed by atoms with Crippen LogP contribution in [0.5, 0.6) is 5.88 Å². The lowest BCUT2D eigenvalue weighted by atomic mass is 10.0. The molecule has 2 aliphatic carbocycles. The van der Waals surface area contributed by atoms with Gasteiger partial charge in [-0.15, -0.1) is 11.3 Å². The summed E-state index contributed by atoms with van der Waals surface area (Å²) in [4.78, 5) is 14.1. The zero-order chi connectivity index (χ0) is 22.2. The minimum absolute atomic E-state index is 0.154. The molecule has 2 fully saturated rings. The first kappa shape index (κ1) is 21.5. The summed E-state index contributed by atoms with van der Waals surface area (Å²) in [5, 5.41) is 34.1. The average molecular weight is 457 g/mol. The van der Waals surface area contributed by atoms with Gasteiger partial charge in [-0.3, -0.25) is 0 Å². The van der Waals surface area contributed by atoms with E-state index in [1.54, 1.807) is 11.3 Å². The quantitative estimate of drug-likeness (QED) is 0.408. The van der Waals surface area contributed by atoms with Crippen molar-refractivity contribution >= 4 is 27.5 Å². The number of aromatic nitrogens is 3. The topological polar surface area (TPSA) is 121 Å². The Morgan fingerprint density at radius 3 is 2.66 bits per heavy atom. The third-order valence-electron chi connectivity index (χ3n) is 6.45. The highest BCUT2D eigenvalue weighted by atomic mass is 32.1. The second-order valence-electron chi connectivity index (χ2n) is 8.80. The molecule has 3 aromatic rings. The van der Waals surface area contributed by atoms with Crippen molar-refractivity contribution in [3.63, 3.8) is 0 Å². The van der Waals surface area contributed by atoms with E-state index in [1.807, 2.05) is 31.2 Å². The molecule has 4 N–H and O–H groups in total. The SMILES string of the molecule is Cc1nc(NCC2CC2)nc(O[C@@H]2C[C@H](CO)C(O)C2CO)c1-c1nc2ccccc2s1. The van der Waals surface area contributed by atoms with Crippen LogP contribution in [0.15, 0.2) is 24.3 Å². The molecule has 2 heterocycles. The van der Waals surface area contributed by atoms with Crippen molar-refractivity contribution in [2.45, 2.75) is 38.4 Å². The normalized spacial score (nSPS) is 25.4. The second kappa shape index (κ2) is 8.90. The fourth-order valence-corrected chi connectivity index (χ4v) is 5.42. The van der Waals surface area contributed by atoms with Crippen molar-refractivity contribution in [1.29, 1.82) is 0 Å². The first-order chi connectivity index (χ1) is 15.6. The number of fused-ring (bicyclic) bond motifs is 1. The molecular formula is C23H28N4O4S. The fraction of sp³-hybridized carbons (Fsp3) is 0.522. The van der Waals surface area contributed by atoms with E-state index < -0.39 is 18.1 Å². The van der Waals surface area contributed by atoms with Gasteiger partial charge in [-0.2, -0.15) is 4.98 Å². The molecule has 2 saturated carbocycles. The van der Waals surface area contributed by atoms with Gasteiger partial charge in [0, 0.05) is 25.0 Å². The number of para-hydroxylation sites is 1. The van der Waals surface area contributed by atoms with Crippen molar-refractivity contribution in [2.24, 2.45) is 17.8 Å². The Morgan fingerprint density at radius 2 is 1.94 bits per heavy atom. The van der Waals surface area contributed by atoms with Gasteiger partial charge in [0.25, 0.3) is 0 Å². The summed E-state index contributed by atoms with van der Waals surface area (Å²) in [6, 6.07) is 7.94. The first-order valence-corrected chi connectivity index (χ1v) is 11.9. The Kier molecular flexibility index (Phi) is 5.98. The Morgan fingerprint density at radius 1 is 1.12 bits per heavy atom. The monoisotopic (exact) mass is 456 g/mol. The van der Waals surface area contributed by atoms with Crippen LogP contribution in [0.25, 0.3) is 20.8 Å². The lowest BCUT2D eigenvalue weighted by molar-refractivity contribution is 0.0178. The maximum Gasteiger partial charge on any atom is 0.229 e. The number of nitrogens with zero attached hydrogens (tertiary/aromatic N) is 3. The summed E-state index contributed by atoms with van der Waals surface area (Å²) in [5.74, 6) is 0.740. The van der Waals surface area contributed by atoms with Gasteiger partial charge in [-0.05, 0) is 44.2 Å². The Labute approximate surface area is 190 Å². The van der Waals surface area contributed by atoms with E-state index in [9.17, 15) is 15.3 Å². The molecule has 32 heavy (non-hydrogen) atoms. The van der Waals surface area contributed by atoms with Crippen molar-refractivity contribution < 1.29 is 20.1 Å². The molecule has 170 valence electrons. The molecule has 0 bridgehead atoms. The largest absolute Gasteiger partial charge is 0.473 e. The number of aryl methyl sites for hydroxylation is 1. The van der Waals surface area contributed by atoms with Crippen LogP contribution >= 0.6 is 11.3 Å². The summed E-state index contributed by atoms with van der Waals surface area (Å²) in [6.07, 6.45) is 1.59. The van der Waals surface area contributed by atoms with Crippen LogP contribution in [-0.4, -0.2) is 62.2 Å². The van der Waals surface area contributed by atoms with Crippen molar-refractivity contribution in [3.8, 4) is 16.5 Å². The molecule has 2 aromatic heterocycles. The van der Waals surface area contributed by atoms with Gasteiger partial charge in [-0.25, -0.2) is 9.97 Å². The smallest absolute Gasteiger partial charge is 0.229 e. The van der Waals surface area contributed by atoms with Crippen LogP contribution in [0.1, 0.15) is 25.0 Å². The molecule has 8 nitrogen and oxygen atoms in total. The van der Waals surface area contributed by atoms with Crippen molar-refractivity contribution in [2.75, 3.05) is 25.1 Å². The lowest BCUT2D eigenvalue weighted by Gasteiger charge is -2.22. The fourth-order valence-electron chi connectivity index (χ4n) is 4.36. The molecule has 9 heteroatoms. The van der Waals surface area contributed by atoms with Gasteiger partial charge in [0.15, 0.2) is 0 Å².